The number of esters is 1. The molecule has 1 N–H and O–H groups in total. The van der Waals surface area contributed by atoms with Crippen molar-refractivity contribution in [2.45, 2.75) is 12.8 Å². The molecule has 0 heterocycles. The Morgan fingerprint density at radius 2 is 2.27 bits per heavy atom. The predicted octanol–water partition coefficient (Wildman–Crippen LogP) is 0.270. The number of carboxylic acids is 1. The van der Waals surface area contributed by atoms with Crippen LogP contribution in [0.25, 0.3) is 0 Å². The van der Waals surface area contributed by atoms with E-state index in [-0.39, 0.29) is 24.2 Å². The largest absolute Gasteiger partial charge is 0.481 e. The summed E-state index contributed by atoms with van der Waals surface area (Å²) in [4.78, 5) is 20.9. The van der Waals surface area contributed by atoms with Crippen LogP contribution in [-0.2, 0) is 14.3 Å². The van der Waals surface area contributed by atoms with Crippen molar-refractivity contribution in [2.24, 2.45) is 11.8 Å². The van der Waals surface area contributed by atoms with E-state index in [1.54, 1.807) is 0 Å². The lowest BCUT2D eigenvalue weighted by molar-refractivity contribution is -0.142. The molecule has 1 fully saturated rings. The third kappa shape index (κ3) is 1.93. The lowest BCUT2D eigenvalue weighted by Crippen LogP contribution is -2.06. The Bertz CT molecular complexity index is 187. The third-order valence-corrected chi connectivity index (χ3v) is 1.86. The number of methoxy groups -OCH3 is 1. The van der Waals surface area contributed by atoms with E-state index in [4.69, 9.17) is 5.11 Å². The van der Waals surface area contributed by atoms with Gasteiger partial charge in [0.05, 0.1) is 13.0 Å². The summed E-state index contributed by atoms with van der Waals surface area (Å²) >= 11 is 0. The number of hydrogen-bond acceptors (Lipinski definition) is 3. The second-order valence-corrected chi connectivity index (χ2v) is 2.72. The molecule has 1 rings (SSSR count). The average Bonchev–Trinajstić information content (AvgIpc) is 2.65. The Hall–Kier alpha value is -1.06. The Balaban J connectivity index is 2.26. The molecule has 4 nitrogen and oxygen atoms in total. The van der Waals surface area contributed by atoms with Gasteiger partial charge in [0.25, 0.3) is 0 Å². The van der Waals surface area contributed by atoms with Gasteiger partial charge in [-0.2, -0.15) is 0 Å². The summed E-state index contributed by atoms with van der Waals surface area (Å²) in [5.41, 5.74) is 0. The molecule has 0 aromatic carbocycles. The number of carboxylic acid groups (broad SMARTS) is 1. The second-order valence-electron chi connectivity index (χ2n) is 2.72. The van der Waals surface area contributed by atoms with Crippen molar-refractivity contribution in [3.05, 3.63) is 0 Å². The van der Waals surface area contributed by atoms with Crippen LogP contribution < -0.4 is 0 Å². The smallest absolute Gasteiger partial charge is 0.308 e. The molecule has 1 aliphatic carbocycles. The quantitative estimate of drug-likeness (QED) is 0.599. The minimum atomic E-state index is -0.846. The first-order chi connectivity index (χ1) is 5.15. The number of carbonyl (C=O) groups is 2. The van der Waals surface area contributed by atoms with Gasteiger partial charge < -0.3 is 9.84 Å². The fourth-order valence-corrected chi connectivity index (χ4v) is 1.14. The van der Waals surface area contributed by atoms with Crippen molar-refractivity contribution in [2.75, 3.05) is 7.11 Å². The highest BCUT2D eigenvalue weighted by atomic mass is 16.5. The van der Waals surface area contributed by atoms with E-state index in [9.17, 15) is 9.59 Å². The van der Waals surface area contributed by atoms with Gasteiger partial charge in [-0.05, 0) is 12.3 Å². The molecular formula is C7H10O4. The van der Waals surface area contributed by atoms with Gasteiger partial charge in [-0.3, -0.25) is 9.59 Å². The van der Waals surface area contributed by atoms with Crippen molar-refractivity contribution in [3.63, 3.8) is 0 Å². The van der Waals surface area contributed by atoms with E-state index >= 15 is 0 Å². The van der Waals surface area contributed by atoms with Crippen LogP contribution in [-0.4, -0.2) is 24.2 Å². The highest BCUT2D eigenvalue weighted by Crippen LogP contribution is 2.41. The molecule has 0 bridgehead atoms. The summed E-state index contributed by atoms with van der Waals surface area (Å²) in [6, 6.07) is 0. The normalized spacial score (nSPS) is 27.7. The van der Waals surface area contributed by atoms with Crippen molar-refractivity contribution in [1.29, 1.82) is 0 Å². The minimum Gasteiger partial charge on any atom is -0.481 e. The number of rotatable bonds is 3. The first-order valence-electron chi connectivity index (χ1n) is 3.44. The first kappa shape index (κ1) is 8.04. The molecule has 2 atom stereocenters. The zero-order valence-corrected chi connectivity index (χ0v) is 6.24. The number of hydrogen-bond donors (Lipinski definition) is 1. The van der Waals surface area contributed by atoms with Crippen molar-refractivity contribution >= 4 is 11.9 Å². The fourth-order valence-electron chi connectivity index (χ4n) is 1.14. The Labute approximate surface area is 64.2 Å². The topological polar surface area (TPSA) is 63.6 Å². The third-order valence-electron chi connectivity index (χ3n) is 1.86. The molecule has 2 unspecified atom stereocenters. The van der Waals surface area contributed by atoms with Crippen LogP contribution in [0.1, 0.15) is 12.8 Å². The summed E-state index contributed by atoms with van der Waals surface area (Å²) in [6.45, 7) is 0. The zero-order valence-electron chi connectivity index (χ0n) is 6.24. The summed E-state index contributed by atoms with van der Waals surface area (Å²) in [5, 5.41) is 8.34. The lowest BCUT2D eigenvalue weighted by Gasteiger charge is -1.94. The standard InChI is InChI=1S/C7H10O4/c1-11-7(10)5-2-4(5)3-6(8)9/h4-5H,2-3H2,1H3,(H,8,9). The molecule has 11 heavy (non-hydrogen) atoms. The molecule has 1 aliphatic rings. The lowest BCUT2D eigenvalue weighted by atomic mass is 10.2. The first-order valence-corrected chi connectivity index (χ1v) is 3.44. The average molecular weight is 158 g/mol. The highest BCUT2D eigenvalue weighted by Gasteiger charge is 2.44. The van der Waals surface area contributed by atoms with E-state index in [1.807, 2.05) is 0 Å². The predicted molar refractivity (Wildman–Crippen MR) is 35.9 cm³/mol. The van der Waals surface area contributed by atoms with Gasteiger partial charge in [-0.25, -0.2) is 0 Å². The maximum absolute atomic E-state index is 10.8. The van der Waals surface area contributed by atoms with E-state index in [0.717, 1.165) is 0 Å². The number of aliphatic carboxylic acids is 1. The number of ether oxygens (including phenoxy) is 1. The second kappa shape index (κ2) is 2.90. The highest BCUT2D eigenvalue weighted by molar-refractivity contribution is 5.77. The van der Waals surface area contributed by atoms with Crippen molar-refractivity contribution in [3.8, 4) is 0 Å². The van der Waals surface area contributed by atoms with Crippen LogP contribution in [0.5, 0.6) is 0 Å². The summed E-state index contributed by atoms with van der Waals surface area (Å²) < 4.78 is 4.45. The zero-order chi connectivity index (χ0) is 8.43. The molecule has 0 saturated heterocycles. The Kier molecular flexibility index (Phi) is 2.12. The van der Waals surface area contributed by atoms with Crippen LogP contribution in [0.4, 0.5) is 0 Å². The molecule has 0 radical (unpaired) electrons. The van der Waals surface area contributed by atoms with Crippen LogP contribution in [0.2, 0.25) is 0 Å². The summed E-state index contributed by atoms with van der Waals surface area (Å²) in [6.07, 6.45) is 0.749. The summed E-state index contributed by atoms with van der Waals surface area (Å²) in [7, 11) is 1.32. The molecular weight excluding hydrogens is 148 g/mol. The molecule has 0 spiro atoms. The number of carbonyl (C=O) groups excluding carboxylic acids is 1. The maximum Gasteiger partial charge on any atom is 0.308 e. The van der Waals surface area contributed by atoms with E-state index in [2.05, 4.69) is 4.74 Å². The molecule has 0 aromatic heterocycles. The van der Waals surface area contributed by atoms with Crippen molar-refractivity contribution < 1.29 is 19.4 Å². The molecule has 0 aliphatic heterocycles. The molecule has 4 heteroatoms. The monoisotopic (exact) mass is 158 g/mol. The van der Waals surface area contributed by atoms with Gasteiger partial charge >= 0.3 is 11.9 Å². The summed E-state index contributed by atoms with van der Waals surface area (Å²) in [5.74, 6) is -1.27. The Morgan fingerprint density at radius 1 is 1.64 bits per heavy atom. The maximum atomic E-state index is 10.8. The van der Waals surface area contributed by atoms with Gasteiger partial charge in [-0.15, -0.1) is 0 Å². The van der Waals surface area contributed by atoms with Gasteiger partial charge in [-0.1, -0.05) is 0 Å². The van der Waals surface area contributed by atoms with Gasteiger partial charge in [0.2, 0.25) is 0 Å². The fraction of sp³-hybridized carbons (Fsp3) is 0.714. The minimum absolute atomic E-state index is 0.0138. The molecule has 0 amide bonds. The van der Waals surface area contributed by atoms with Crippen LogP contribution in [0.15, 0.2) is 0 Å². The molecule has 1 saturated carbocycles. The van der Waals surface area contributed by atoms with Crippen LogP contribution in [0.3, 0.4) is 0 Å². The van der Waals surface area contributed by atoms with Crippen LogP contribution in [0, 0.1) is 11.8 Å². The van der Waals surface area contributed by atoms with E-state index < -0.39 is 5.97 Å². The molecule has 62 valence electrons. The SMILES string of the molecule is COC(=O)C1CC1CC(=O)O. The van der Waals surface area contributed by atoms with Crippen molar-refractivity contribution in [1.82, 2.24) is 0 Å². The Morgan fingerprint density at radius 3 is 2.73 bits per heavy atom. The molecule has 0 aromatic rings. The van der Waals surface area contributed by atoms with Gasteiger partial charge in [0.15, 0.2) is 0 Å². The van der Waals surface area contributed by atoms with E-state index in [1.165, 1.54) is 7.11 Å². The van der Waals surface area contributed by atoms with Crippen LogP contribution >= 0.6 is 0 Å². The van der Waals surface area contributed by atoms with Gasteiger partial charge in [0, 0.05) is 6.42 Å². The van der Waals surface area contributed by atoms with E-state index in [0.29, 0.717) is 6.42 Å². The van der Waals surface area contributed by atoms with Gasteiger partial charge in [0.1, 0.15) is 0 Å².